The van der Waals surface area contributed by atoms with Crippen LogP contribution in [0.25, 0.3) is 0 Å². The first-order valence-electron chi connectivity index (χ1n) is 12.3. The number of rotatable bonds is 6. The second kappa shape index (κ2) is 12.8. The van der Waals surface area contributed by atoms with Gasteiger partial charge in [-0.25, -0.2) is 0 Å². The van der Waals surface area contributed by atoms with Gasteiger partial charge in [-0.1, -0.05) is 6.07 Å². The van der Waals surface area contributed by atoms with E-state index >= 15 is 0 Å². The summed E-state index contributed by atoms with van der Waals surface area (Å²) in [5, 5.41) is 30.4. The summed E-state index contributed by atoms with van der Waals surface area (Å²) >= 11 is 0. The van der Waals surface area contributed by atoms with E-state index in [-0.39, 0.29) is 17.0 Å². The van der Waals surface area contributed by atoms with Gasteiger partial charge in [0.15, 0.2) is 5.69 Å². The van der Waals surface area contributed by atoms with Gasteiger partial charge in [-0.15, -0.1) is 5.11 Å². The highest BCUT2D eigenvalue weighted by Gasteiger charge is 2.55. The van der Waals surface area contributed by atoms with E-state index in [1.54, 1.807) is 19.2 Å². The average Bonchev–Trinajstić information content (AvgIpc) is 3.63. The van der Waals surface area contributed by atoms with Crippen molar-refractivity contribution in [3.63, 3.8) is 0 Å². The van der Waals surface area contributed by atoms with E-state index in [4.69, 9.17) is 23.7 Å². The second-order valence-electron chi connectivity index (χ2n) is 9.07. The summed E-state index contributed by atoms with van der Waals surface area (Å²) in [5.74, 6) is 0.825. The predicted molar refractivity (Wildman–Crippen MR) is 135 cm³/mol. The Hall–Kier alpha value is -3.52. The van der Waals surface area contributed by atoms with Crippen molar-refractivity contribution in [3.05, 3.63) is 62.2 Å². The lowest BCUT2D eigenvalue weighted by Crippen LogP contribution is -2.20. The van der Waals surface area contributed by atoms with E-state index in [1.165, 1.54) is 6.07 Å². The topological polar surface area (TPSA) is 157 Å². The number of benzene rings is 2. The zero-order chi connectivity index (χ0) is 27.0. The number of nitrogens with zero attached hydrogens (tertiary/aromatic N) is 4. The third kappa shape index (κ3) is 6.86. The summed E-state index contributed by atoms with van der Waals surface area (Å²) in [5.41, 5.74) is 0.372. The van der Waals surface area contributed by atoms with Gasteiger partial charge in [-0.3, -0.25) is 20.2 Å². The number of non-ortho nitro benzene ring substituents is 1. The van der Waals surface area contributed by atoms with Crippen molar-refractivity contribution in [2.75, 3.05) is 60.0 Å². The quantitative estimate of drug-likeness (QED) is 0.288. The van der Waals surface area contributed by atoms with Gasteiger partial charge in [0.2, 0.25) is 0 Å². The van der Waals surface area contributed by atoms with Gasteiger partial charge in [0.05, 0.1) is 75.0 Å². The number of azo groups is 1. The van der Waals surface area contributed by atoms with E-state index < -0.39 is 21.2 Å². The fourth-order valence-electron chi connectivity index (χ4n) is 4.52. The molecule has 1 aliphatic heterocycles. The normalized spacial score (nSPS) is 23.1. The van der Waals surface area contributed by atoms with Gasteiger partial charge >= 0.3 is 5.69 Å². The van der Waals surface area contributed by atoms with E-state index in [0.717, 1.165) is 30.5 Å². The lowest BCUT2D eigenvalue weighted by Gasteiger charge is -2.20. The maximum atomic E-state index is 11.4. The van der Waals surface area contributed by atoms with Gasteiger partial charge in [0.25, 0.3) is 5.69 Å². The summed E-state index contributed by atoms with van der Waals surface area (Å²) in [6.45, 7) is 4.31. The van der Waals surface area contributed by atoms with Gasteiger partial charge in [0.1, 0.15) is 5.75 Å². The predicted octanol–water partition coefficient (Wildman–Crippen LogP) is 4.87. The van der Waals surface area contributed by atoms with Crippen molar-refractivity contribution in [2.24, 2.45) is 15.6 Å². The van der Waals surface area contributed by atoms with Crippen molar-refractivity contribution in [1.29, 1.82) is 0 Å². The van der Waals surface area contributed by atoms with Crippen LogP contribution in [0.2, 0.25) is 0 Å². The Bertz CT molecular complexity index is 1160. The molecule has 13 heteroatoms. The van der Waals surface area contributed by atoms with E-state index in [9.17, 15) is 20.2 Å². The molecule has 0 aromatic heterocycles. The van der Waals surface area contributed by atoms with Crippen LogP contribution in [0.4, 0.5) is 22.7 Å². The Morgan fingerprint density at radius 2 is 1.55 bits per heavy atom. The zero-order valence-electron chi connectivity index (χ0n) is 21.1. The molecular weight excluding hydrogens is 500 g/mol. The van der Waals surface area contributed by atoms with E-state index in [2.05, 4.69) is 10.2 Å². The van der Waals surface area contributed by atoms with Crippen LogP contribution in [0.5, 0.6) is 5.75 Å². The third-order valence-electron chi connectivity index (χ3n) is 6.67. The number of nitro groups is 2. The molecular formula is C25H30N4O9. The van der Waals surface area contributed by atoms with Crippen LogP contribution in [-0.2, 0) is 18.9 Å². The van der Waals surface area contributed by atoms with Crippen LogP contribution >= 0.6 is 0 Å². The molecule has 0 bridgehead atoms. The first-order valence-corrected chi connectivity index (χ1v) is 12.3. The second-order valence-corrected chi connectivity index (χ2v) is 9.07. The minimum Gasteiger partial charge on any atom is -0.496 e. The molecule has 0 N–H and O–H groups in total. The fraction of sp³-hybridized carbons (Fsp3) is 0.520. The number of ether oxygens (including phenoxy) is 5. The van der Waals surface area contributed by atoms with Crippen molar-refractivity contribution in [1.82, 2.24) is 0 Å². The summed E-state index contributed by atoms with van der Waals surface area (Å²) < 4.78 is 28.4. The minimum atomic E-state index is -0.727. The van der Waals surface area contributed by atoms with Crippen LogP contribution in [-0.4, -0.2) is 69.8 Å². The van der Waals surface area contributed by atoms with Gasteiger partial charge < -0.3 is 23.7 Å². The number of methoxy groups -OCH3 is 1. The van der Waals surface area contributed by atoms with E-state index in [1.807, 2.05) is 6.07 Å². The lowest BCUT2D eigenvalue weighted by molar-refractivity contribution is -0.393. The Morgan fingerprint density at radius 1 is 0.868 bits per heavy atom. The molecule has 2 aromatic rings. The maximum absolute atomic E-state index is 11.4. The molecule has 13 nitrogen and oxygen atoms in total. The number of hydrogen-bond donors (Lipinski definition) is 0. The van der Waals surface area contributed by atoms with Crippen molar-refractivity contribution in [2.45, 2.75) is 18.8 Å². The largest absolute Gasteiger partial charge is 0.496 e. The molecule has 2 unspecified atom stereocenters. The van der Waals surface area contributed by atoms with Crippen LogP contribution in [0.3, 0.4) is 0 Å². The van der Waals surface area contributed by atoms with E-state index in [0.29, 0.717) is 64.3 Å². The molecule has 1 spiro atoms. The summed E-state index contributed by atoms with van der Waals surface area (Å²) in [6, 6.07) is 8.60. The summed E-state index contributed by atoms with van der Waals surface area (Å²) in [6.07, 6.45) is 1.74. The molecule has 1 aliphatic carbocycles. The zero-order valence-corrected chi connectivity index (χ0v) is 21.1. The molecule has 2 fully saturated rings. The first kappa shape index (κ1) is 27.5. The monoisotopic (exact) mass is 530 g/mol. The Kier molecular flexibility index (Phi) is 9.29. The standard InChI is InChI=1S/C25H30N4O9/c1-34-24-14-18(26-27-22-5-3-19(28(30)31)15-23(22)29(32)33)2-4-20(24)21-16-25(21)6-7-35-8-9-36-10-11-37-12-13-38-17-25/h2-5,14-15,21H,6-13,16-17H2,1H3. The molecule has 1 saturated heterocycles. The highest BCUT2D eigenvalue weighted by molar-refractivity contribution is 5.62. The smallest absolute Gasteiger partial charge is 0.303 e. The van der Waals surface area contributed by atoms with Gasteiger partial charge in [-0.05, 0) is 36.5 Å². The van der Waals surface area contributed by atoms with Crippen molar-refractivity contribution >= 4 is 22.7 Å². The molecule has 4 rings (SSSR count). The first-order chi connectivity index (χ1) is 18.4. The summed E-state index contributed by atoms with van der Waals surface area (Å²) in [4.78, 5) is 20.9. The molecule has 2 atom stereocenters. The van der Waals surface area contributed by atoms with Crippen LogP contribution < -0.4 is 4.74 Å². The number of hydrogen-bond acceptors (Lipinski definition) is 11. The molecule has 2 aliphatic rings. The van der Waals surface area contributed by atoms with Crippen molar-refractivity contribution in [3.8, 4) is 5.75 Å². The molecule has 2 aromatic carbocycles. The molecule has 204 valence electrons. The lowest BCUT2D eigenvalue weighted by atomic mass is 9.96. The van der Waals surface area contributed by atoms with Gasteiger partial charge in [0, 0.05) is 24.2 Å². The van der Waals surface area contributed by atoms with Gasteiger partial charge in [-0.2, -0.15) is 5.11 Å². The van der Waals surface area contributed by atoms with Crippen LogP contribution in [0.1, 0.15) is 24.3 Å². The van der Waals surface area contributed by atoms with Crippen LogP contribution in [0, 0.1) is 25.6 Å². The minimum absolute atomic E-state index is 0.0827. The molecule has 38 heavy (non-hydrogen) atoms. The van der Waals surface area contributed by atoms with Crippen molar-refractivity contribution < 1.29 is 33.5 Å². The third-order valence-corrected chi connectivity index (χ3v) is 6.67. The Morgan fingerprint density at radius 3 is 2.21 bits per heavy atom. The molecule has 0 amide bonds. The Labute approximate surface area is 219 Å². The SMILES string of the molecule is COc1cc(N=Nc2ccc([N+](=O)[O-])cc2[N+](=O)[O-])ccc1C1CC12CCOCCOCCOCCOC2. The van der Waals surface area contributed by atoms with Crippen LogP contribution in [0.15, 0.2) is 46.6 Å². The molecule has 0 radical (unpaired) electrons. The molecule has 1 heterocycles. The number of nitro benzene ring substituents is 2. The maximum Gasteiger partial charge on any atom is 0.303 e. The average molecular weight is 531 g/mol. The highest BCUT2D eigenvalue weighted by Crippen LogP contribution is 2.63. The summed E-state index contributed by atoms with van der Waals surface area (Å²) in [7, 11) is 1.57. The highest BCUT2D eigenvalue weighted by atomic mass is 16.6. The fourth-order valence-corrected chi connectivity index (χ4v) is 4.52. The Balaban J connectivity index is 1.49. The molecule has 1 saturated carbocycles.